The summed E-state index contributed by atoms with van der Waals surface area (Å²) >= 11 is 5.67. The van der Waals surface area contributed by atoms with Crippen LogP contribution in [0.1, 0.15) is 11.4 Å². The third kappa shape index (κ3) is 4.77. The summed E-state index contributed by atoms with van der Waals surface area (Å²) in [6.45, 7) is 1.16. The number of benzene rings is 1. The van der Waals surface area contributed by atoms with Crippen LogP contribution in [-0.4, -0.2) is 27.1 Å². The molecule has 3 rings (SSSR count). The number of thiocarbonyl (C=S) groups is 1. The van der Waals surface area contributed by atoms with Crippen molar-refractivity contribution in [2.75, 3.05) is 12.4 Å². The van der Waals surface area contributed by atoms with Gasteiger partial charge in [-0.3, -0.25) is 9.97 Å². The second-order valence-electron chi connectivity index (χ2n) is 5.63. The highest BCUT2D eigenvalue weighted by molar-refractivity contribution is 7.80. The molecule has 132 valence electrons. The normalized spacial score (nSPS) is 10.2. The fourth-order valence-corrected chi connectivity index (χ4v) is 2.76. The van der Waals surface area contributed by atoms with Crippen LogP contribution in [0.2, 0.25) is 0 Å². The van der Waals surface area contributed by atoms with Crippen molar-refractivity contribution >= 4 is 23.0 Å². The summed E-state index contributed by atoms with van der Waals surface area (Å²) in [4.78, 5) is 10.9. The van der Waals surface area contributed by atoms with Gasteiger partial charge < -0.3 is 15.0 Å². The number of ether oxygens (including phenoxy) is 1. The van der Waals surface area contributed by atoms with Crippen LogP contribution in [0.15, 0.2) is 73.1 Å². The molecular weight excluding hydrogens is 344 g/mol. The molecule has 0 saturated carbocycles. The Morgan fingerprint density at radius 3 is 2.04 bits per heavy atom. The second-order valence-corrected chi connectivity index (χ2v) is 6.02. The molecule has 0 aliphatic carbocycles. The SMILES string of the molecule is COc1ccccc1NC(=S)N(Cc1ccccn1)Cc1ccccn1. The van der Waals surface area contributed by atoms with Crippen LogP contribution in [0.25, 0.3) is 0 Å². The van der Waals surface area contributed by atoms with Gasteiger partial charge in [-0.2, -0.15) is 0 Å². The van der Waals surface area contributed by atoms with Crippen molar-refractivity contribution in [1.29, 1.82) is 0 Å². The third-order valence-corrected chi connectivity index (χ3v) is 4.15. The van der Waals surface area contributed by atoms with Crippen molar-refractivity contribution in [1.82, 2.24) is 14.9 Å². The van der Waals surface area contributed by atoms with E-state index in [2.05, 4.69) is 15.3 Å². The number of aromatic nitrogens is 2. The molecule has 0 aliphatic rings. The van der Waals surface area contributed by atoms with Gasteiger partial charge in [-0.25, -0.2) is 0 Å². The Balaban J connectivity index is 1.80. The highest BCUT2D eigenvalue weighted by Gasteiger charge is 2.14. The number of hydrogen-bond acceptors (Lipinski definition) is 4. The van der Waals surface area contributed by atoms with Crippen molar-refractivity contribution in [3.05, 3.63) is 84.4 Å². The molecule has 3 aromatic rings. The Labute approximate surface area is 158 Å². The van der Waals surface area contributed by atoms with Crippen molar-refractivity contribution in [3.63, 3.8) is 0 Å². The van der Waals surface area contributed by atoms with Gasteiger partial charge >= 0.3 is 0 Å². The van der Waals surface area contributed by atoms with Crippen LogP contribution in [-0.2, 0) is 13.1 Å². The molecule has 0 saturated heterocycles. The minimum absolute atomic E-state index is 0.582. The second kappa shape index (κ2) is 8.92. The van der Waals surface area contributed by atoms with E-state index in [4.69, 9.17) is 17.0 Å². The number of rotatable bonds is 6. The molecule has 0 amide bonds. The highest BCUT2D eigenvalue weighted by Crippen LogP contribution is 2.24. The zero-order valence-corrected chi connectivity index (χ0v) is 15.3. The Morgan fingerprint density at radius 1 is 0.923 bits per heavy atom. The van der Waals surface area contributed by atoms with Gasteiger partial charge in [0.2, 0.25) is 0 Å². The molecule has 2 aromatic heterocycles. The lowest BCUT2D eigenvalue weighted by molar-refractivity contribution is 0.400. The number of para-hydroxylation sites is 2. The van der Waals surface area contributed by atoms with Crippen LogP contribution in [0.5, 0.6) is 5.75 Å². The minimum atomic E-state index is 0.582. The molecule has 1 N–H and O–H groups in total. The number of anilines is 1. The van der Waals surface area contributed by atoms with Gasteiger partial charge in [0.05, 0.1) is 37.3 Å². The van der Waals surface area contributed by atoms with E-state index in [0.717, 1.165) is 22.8 Å². The summed E-state index contributed by atoms with van der Waals surface area (Å²) in [5.74, 6) is 0.741. The minimum Gasteiger partial charge on any atom is -0.495 e. The van der Waals surface area contributed by atoms with Crippen LogP contribution in [0, 0.1) is 0 Å². The maximum absolute atomic E-state index is 5.67. The van der Waals surface area contributed by atoms with Gasteiger partial charge in [-0.15, -0.1) is 0 Å². The molecule has 0 aliphatic heterocycles. The van der Waals surface area contributed by atoms with E-state index in [1.54, 1.807) is 19.5 Å². The number of methoxy groups -OCH3 is 1. The standard InChI is InChI=1S/C20H20N4OS/c1-25-19-11-3-2-10-18(19)23-20(26)24(14-16-8-4-6-12-21-16)15-17-9-5-7-13-22-17/h2-13H,14-15H2,1H3,(H,23,26). The molecule has 6 heteroatoms. The van der Waals surface area contributed by atoms with E-state index in [1.165, 1.54) is 0 Å². The molecule has 5 nitrogen and oxygen atoms in total. The Bertz CT molecular complexity index is 801. The zero-order chi connectivity index (χ0) is 18.2. The van der Waals surface area contributed by atoms with E-state index >= 15 is 0 Å². The summed E-state index contributed by atoms with van der Waals surface area (Å²) in [5.41, 5.74) is 2.70. The van der Waals surface area contributed by atoms with Gasteiger partial charge in [0, 0.05) is 12.4 Å². The maximum Gasteiger partial charge on any atom is 0.174 e. The van der Waals surface area contributed by atoms with Gasteiger partial charge in [0.25, 0.3) is 0 Å². The number of nitrogens with zero attached hydrogens (tertiary/aromatic N) is 3. The smallest absolute Gasteiger partial charge is 0.174 e. The fourth-order valence-electron chi connectivity index (χ4n) is 2.52. The van der Waals surface area contributed by atoms with Crippen molar-refractivity contribution in [2.24, 2.45) is 0 Å². The largest absolute Gasteiger partial charge is 0.495 e. The van der Waals surface area contributed by atoms with Crippen molar-refractivity contribution < 1.29 is 4.74 Å². The molecular formula is C20H20N4OS. The first-order chi connectivity index (χ1) is 12.8. The van der Waals surface area contributed by atoms with E-state index in [0.29, 0.717) is 18.2 Å². The summed E-state index contributed by atoms with van der Waals surface area (Å²) < 4.78 is 5.40. The van der Waals surface area contributed by atoms with E-state index in [9.17, 15) is 0 Å². The quantitative estimate of drug-likeness (QED) is 0.670. The predicted molar refractivity (Wildman–Crippen MR) is 107 cm³/mol. The zero-order valence-electron chi connectivity index (χ0n) is 14.5. The molecule has 26 heavy (non-hydrogen) atoms. The van der Waals surface area contributed by atoms with Crippen molar-refractivity contribution in [2.45, 2.75) is 13.1 Å². The molecule has 0 bridgehead atoms. The summed E-state index contributed by atoms with van der Waals surface area (Å²) in [6, 6.07) is 19.4. The van der Waals surface area contributed by atoms with Gasteiger partial charge in [0.1, 0.15) is 5.75 Å². The Morgan fingerprint density at radius 2 is 1.50 bits per heavy atom. The summed E-state index contributed by atoms with van der Waals surface area (Å²) in [7, 11) is 1.64. The van der Waals surface area contributed by atoms with Gasteiger partial charge in [0.15, 0.2) is 5.11 Å². The topological polar surface area (TPSA) is 50.3 Å². The molecule has 0 fully saturated rings. The Hall–Kier alpha value is -2.99. The van der Waals surface area contributed by atoms with E-state index in [-0.39, 0.29) is 0 Å². The first-order valence-corrected chi connectivity index (χ1v) is 8.66. The maximum atomic E-state index is 5.67. The van der Waals surface area contributed by atoms with Gasteiger partial charge in [-0.05, 0) is 48.6 Å². The lowest BCUT2D eigenvalue weighted by Gasteiger charge is -2.26. The molecule has 1 aromatic carbocycles. The molecule has 0 atom stereocenters. The first kappa shape index (κ1) is 17.8. The van der Waals surface area contributed by atoms with Gasteiger partial charge in [-0.1, -0.05) is 24.3 Å². The number of hydrogen-bond donors (Lipinski definition) is 1. The van der Waals surface area contributed by atoms with Crippen LogP contribution in [0.3, 0.4) is 0 Å². The van der Waals surface area contributed by atoms with E-state index in [1.807, 2.05) is 65.6 Å². The summed E-state index contributed by atoms with van der Waals surface area (Å²) in [6.07, 6.45) is 3.57. The molecule has 0 spiro atoms. The average molecular weight is 364 g/mol. The van der Waals surface area contributed by atoms with Crippen LogP contribution in [0.4, 0.5) is 5.69 Å². The number of nitrogens with one attached hydrogen (secondary N) is 1. The molecule has 2 heterocycles. The lowest BCUT2D eigenvalue weighted by atomic mass is 10.3. The van der Waals surface area contributed by atoms with Crippen LogP contribution < -0.4 is 10.1 Å². The fraction of sp³-hybridized carbons (Fsp3) is 0.150. The van der Waals surface area contributed by atoms with E-state index < -0.39 is 0 Å². The lowest BCUT2D eigenvalue weighted by Crippen LogP contribution is -2.34. The highest BCUT2D eigenvalue weighted by atomic mass is 32.1. The molecule has 0 radical (unpaired) electrons. The first-order valence-electron chi connectivity index (χ1n) is 8.25. The van der Waals surface area contributed by atoms with Crippen molar-refractivity contribution in [3.8, 4) is 5.75 Å². The average Bonchev–Trinajstić information content (AvgIpc) is 2.69. The Kier molecular flexibility index (Phi) is 6.11. The summed E-state index contributed by atoms with van der Waals surface area (Å²) in [5, 5.41) is 3.87. The molecule has 0 unspecified atom stereocenters. The third-order valence-electron chi connectivity index (χ3n) is 3.79. The predicted octanol–water partition coefficient (Wildman–Crippen LogP) is 3.88. The number of pyridine rings is 2. The monoisotopic (exact) mass is 364 g/mol. The van der Waals surface area contributed by atoms with Crippen LogP contribution >= 0.6 is 12.2 Å².